The summed E-state index contributed by atoms with van der Waals surface area (Å²) in [6.45, 7) is 0. The molecule has 0 amide bonds. The molecule has 0 unspecified atom stereocenters. The molecule has 5 heteroatoms. The number of hydrogen-bond acceptors (Lipinski definition) is 3. The number of H-pyrrole nitrogens is 1. The number of aromatic nitrogens is 3. The molecule has 0 saturated heterocycles. The molecule has 16 heavy (non-hydrogen) atoms. The summed E-state index contributed by atoms with van der Waals surface area (Å²) < 4.78 is 1.20. The Balaban J connectivity index is 2.70. The Morgan fingerprint density at radius 3 is 2.94 bits per heavy atom. The van der Waals surface area contributed by atoms with Gasteiger partial charge in [-0.05, 0) is 6.07 Å². The van der Waals surface area contributed by atoms with Gasteiger partial charge in [0, 0.05) is 5.39 Å². The van der Waals surface area contributed by atoms with Gasteiger partial charge in [-0.1, -0.05) is 18.2 Å². The maximum absolute atomic E-state index is 11.7. The van der Waals surface area contributed by atoms with Crippen LogP contribution < -0.4 is 5.69 Å². The van der Waals surface area contributed by atoms with Gasteiger partial charge in [-0.25, -0.2) is 4.79 Å². The normalized spacial score (nSPS) is 11.0. The zero-order chi connectivity index (χ0) is 11.1. The fourth-order valence-electron chi connectivity index (χ4n) is 1.84. The second-order valence-electron chi connectivity index (χ2n) is 3.45. The van der Waals surface area contributed by atoms with E-state index in [1.54, 1.807) is 6.07 Å². The van der Waals surface area contributed by atoms with Crippen LogP contribution in [0.2, 0.25) is 0 Å². The summed E-state index contributed by atoms with van der Waals surface area (Å²) in [5, 5.41) is 4.69. The Bertz CT molecular complexity index is 755. The first-order chi connectivity index (χ1) is 7.81. The first-order valence-electron chi connectivity index (χ1n) is 4.75. The third-order valence-electron chi connectivity index (χ3n) is 2.54. The first kappa shape index (κ1) is 8.84. The van der Waals surface area contributed by atoms with E-state index >= 15 is 0 Å². The smallest absolute Gasteiger partial charge is 0.305 e. The van der Waals surface area contributed by atoms with Gasteiger partial charge in [0.25, 0.3) is 0 Å². The number of carbonyl (C=O) groups is 1. The van der Waals surface area contributed by atoms with Crippen molar-refractivity contribution in [3.05, 3.63) is 46.5 Å². The summed E-state index contributed by atoms with van der Waals surface area (Å²) in [7, 11) is 0. The number of carbonyl (C=O) groups excluding carboxylic acids is 1. The number of aromatic amines is 1. The summed E-state index contributed by atoms with van der Waals surface area (Å²) in [6.07, 6.45) is 2.10. The average molecular weight is 213 g/mol. The molecule has 0 bridgehead atoms. The lowest BCUT2D eigenvalue weighted by molar-refractivity contribution is 0.112. The maximum atomic E-state index is 11.7. The molecule has 0 radical (unpaired) electrons. The molecule has 0 saturated carbocycles. The van der Waals surface area contributed by atoms with Crippen molar-refractivity contribution >= 4 is 22.7 Å². The number of aldehydes is 1. The summed E-state index contributed by atoms with van der Waals surface area (Å²) in [4.78, 5) is 25.2. The maximum Gasteiger partial charge on any atom is 0.347 e. The fraction of sp³-hybridized carbons (Fsp3) is 0. The Morgan fingerprint density at radius 1 is 1.31 bits per heavy atom. The van der Waals surface area contributed by atoms with E-state index < -0.39 is 0 Å². The number of benzene rings is 1. The summed E-state index contributed by atoms with van der Waals surface area (Å²) in [5.74, 6) is 0. The van der Waals surface area contributed by atoms with Crippen LogP contribution in [-0.4, -0.2) is 20.9 Å². The fourth-order valence-corrected chi connectivity index (χ4v) is 1.84. The highest BCUT2D eigenvalue weighted by molar-refractivity contribution is 6.01. The van der Waals surface area contributed by atoms with Gasteiger partial charge in [0.2, 0.25) is 0 Å². The van der Waals surface area contributed by atoms with Crippen LogP contribution in [0.25, 0.3) is 16.4 Å². The lowest BCUT2D eigenvalue weighted by Crippen LogP contribution is -2.17. The highest BCUT2D eigenvalue weighted by Gasteiger charge is 2.09. The molecular formula is C11H7N3O2. The summed E-state index contributed by atoms with van der Waals surface area (Å²) >= 11 is 0. The van der Waals surface area contributed by atoms with Gasteiger partial charge < -0.3 is 4.98 Å². The molecule has 5 nitrogen and oxygen atoms in total. The van der Waals surface area contributed by atoms with Crippen LogP contribution in [0.5, 0.6) is 0 Å². The standard InChI is InChI=1S/C11H7N3O2/c15-6-7-5-12-14-10(7)8-3-1-2-4-9(8)13-11(14)16/h1-6H,(H,13,16). The zero-order valence-corrected chi connectivity index (χ0v) is 8.18. The molecule has 0 aliphatic carbocycles. The SMILES string of the molecule is O=Cc1cnn2c(=O)[nH]c3ccccc3c12. The van der Waals surface area contributed by atoms with Gasteiger partial charge >= 0.3 is 5.69 Å². The minimum absolute atomic E-state index is 0.346. The van der Waals surface area contributed by atoms with Crippen LogP contribution in [0.3, 0.4) is 0 Å². The molecule has 0 spiro atoms. The van der Waals surface area contributed by atoms with E-state index in [4.69, 9.17) is 0 Å². The van der Waals surface area contributed by atoms with Gasteiger partial charge in [-0.3, -0.25) is 4.79 Å². The molecule has 3 aromatic rings. The van der Waals surface area contributed by atoms with Crippen molar-refractivity contribution < 1.29 is 4.79 Å². The highest BCUT2D eigenvalue weighted by Crippen LogP contribution is 2.18. The molecular weight excluding hydrogens is 206 g/mol. The monoisotopic (exact) mass is 213 g/mol. The second-order valence-corrected chi connectivity index (χ2v) is 3.45. The Kier molecular flexibility index (Phi) is 1.67. The van der Waals surface area contributed by atoms with Crippen molar-refractivity contribution in [1.82, 2.24) is 14.6 Å². The molecule has 1 aromatic carbocycles. The Hall–Kier alpha value is -2.43. The quantitative estimate of drug-likeness (QED) is 0.613. The predicted octanol–water partition coefficient (Wildman–Crippen LogP) is 0.988. The highest BCUT2D eigenvalue weighted by atomic mass is 16.1. The Morgan fingerprint density at radius 2 is 2.12 bits per heavy atom. The Labute approximate surface area is 89.3 Å². The summed E-state index contributed by atoms with van der Waals surface area (Å²) in [5.41, 5.74) is 1.32. The van der Waals surface area contributed by atoms with E-state index in [0.717, 1.165) is 5.39 Å². The molecule has 0 atom stereocenters. The number of nitrogens with zero attached hydrogens (tertiary/aromatic N) is 2. The number of rotatable bonds is 1. The van der Waals surface area contributed by atoms with Crippen LogP contribution in [0.1, 0.15) is 10.4 Å². The van der Waals surface area contributed by atoms with E-state index in [9.17, 15) is 9.59 Å². The number of nitrogens with one attached hydrogen (secondary N) is 1. The van der Waals surface area contributed by atoms with Gasteiger partial charge in [0.1, 0.15) is 0 Å². The number of hydrogen-bond donors (Lipinski definition) is 1. The minimum atomic E-state index is -0.346. The third-order valence-corrected chi connectivity index (χ3v) is 2.54. The second kappa shape index (κ2) is 3.03. The van der Waals surface area contributed by atoms with Gasteiger partial charge in [0.05, 0.1) is 22.8 Å². The molecule has 78 valence electrons. The molecule has 3 rings (SSSR count). The van der Waals surface area contributed by atoms with Crippen LogP contribution >= 0.6 is 0 Å². The van der Waals surface area contributed by atoms with Crippen molar-refractivity contribution in [2.45, 2.75) is 0 Å². The number of para-hydroxylation sites is 1. The average Bonchev–Trinajstić information content (AvgIpc) is 2.74. The molecule has 2 aromatic heterocycles. The minimum Gasteiger partial charge on any atom is -0.305 e. The van der Waals surface area contributed by atoms with Crippen molar-refractivity contribution in [3.8, 4) is 0 Å². The molecule has 0 aliphatic heterocycles. The van der Waals surface area contributed by atoms with Crippen molar-refractivity contribution in [2.75, 3.05) is 0 Å². The molecule has 1 N–H and O–H groups in total. The van der Waals surface area contributed by atoms with Gasteiger partial charge in [-0.2, -0.15) is 9.61 Å². The van der Waals surface area contributed by atoms with Crippen LogP contribution in [0.15, 0.2) is 35.3 Å². The van der Waals surface area contributed by atoms with Crippen LogP contribution in [0, 0.1) is 0 Å². The van der Waals surface area contributed by atoms with Crippen LogP contribution in [-0.2, 0) is 0 Å². The predicted molar refractivity (Wildman–Crippen MR) is 58.7 cm³/mol. The van der Waals surface area contributed by atoms with E-state index in [1.807, 2.05) is 18.2 Å². The topological polar surface area (TPSA) is 67.2 Å². The number of fused-ring (bicyclic) bond motifs is 3. The van der Waals surface area contributed by atoms with E-state index in [2.05, 4.69) is 10.1 Å². The van der Waals surface area contributed by atoms with Gasteiger partial charge in [-0.15, -0.1) is 0 Å². The first-order valence-corrected chi connectivity index (χ1v) is 4.75. The van der Waals surface area contributed by atoms with E-state index in [0.29, 0.717) is 22.9 Å². The molecule has 2 heterocycles. The van der Waals surface area contributed by atoms with E-state index in [1.165, 1.54) is 10.7 Å². The molecule has 0 fully saturated rings. The van der Waals surface area contributed by atoms with E-state index in [-0.39, 0.29) is 5.69 Å². The molecule has 0 aliphatic rings. The van der Waals surface area contributed by atoms with Gasteiger partial charge in [0.15, 0.2) is 6.29 Å². The van der Waals surface area contributed by atoms with Crippen molar-refractivity contribution in [2.24, 2.45) is 0 Å². The third kappa shape index (κ3) is 1.02. The summed E-state index contributed by atoms with van der Waals surface area (Å²) in [6, 6.07) is 7.31. The zero-order valence-electron chi connectivity index (χ0n) is 8.18. The van der Waals surface area contributed by atoms with Crippen molar-refractivity contribution in [1.29, 1.82) is 0 Å². The lowest BCUT2D eigenvalue weighted by Gasteiger charge is -2.00. The lowest BCUT2D eigenvalue weighted by atomic mass is 10.2. The van der Waals surface area contributed by atoms with Crippen LogP contribution in [0.4, 0.5) is 0 Å². The largest absolute Gasteiger partial charge is 0.347 e. The van der Waals surface area contributed by atoms with Crippen molar-refractivity contribution in [3.63, 3.8) is 0 Å².